The summed E-state index contributed by atoms with van der Waals surface area (Å²) >= 11 is 0. The molecule has 0 aromatic heterocycles. The average molecular weight is 156 g/mol. The standard InChI is InChI=1S/C9H20Si/c1-3-9(2,10)8-6-4-5-7-8/h8H,3-7H2,1-2,10H3. The molecular formula is C9H20Si. The van der Waals surface area contributed by atoms with E-state index in [1.54, 1.807) is 0 Å². The van der Waals surface area contributed by atoms with Crippen molar-refractivity contribution in [3.8, 4) is 0 Å². The molecule has 1 rings (SSSR count). The molecule has 0 spiro atoms. The Morgan fingerprint density at radius 3 is 2.30 bits per heavy atom. The zero-order valence-electron chi connectivity index (χ0n) is 7.61. The maximum atomic E-state index is 2.48. The average Bonchev–Trinajstić information content (AvgIpc) is 2.38. The molecule has 1 saturated carbocycles. The Balaban J connectivity index is 2.45. The van der Waals surface area contributed by atoms with Crippen LogP contribution in [0.5, 0.6) is 0 Å². The van der Waals surface area contributed by atoms with Crippen LogP contribution in [-0.4, -0.2) is 10.2 Å². The maximum Gasteiger partial charge on any atom is 0.0106 e. The van der Waals surface area contributed by atoms with Crippen molar-refractivity contribution in [2.75, 3.05) is 0 Å². The van der Waals surface area contributed by atoms with Gasteiger partial charge in [-0.05, 0) is 11.0 Å². The molecule has 0 aromatic rings. The van der Waals surface area contributed by atoms with Gasteiger partial charge in [0.05, 0.1) is 0 Å². The van der Waals surface area contributed by atoms with Crippen LogP contribution >= 0.6 is 0 Å². The van der Waals surface area contributed by atoms with Crippen LogP contribution in [-0.2, 0) is 0 Å². The van der Waals surface area contributed by atoms with Crippen LogP contribution in [0.15, 0.2) is 0 Å². The molecule has 0 nitrogen and oxygen atoms in total. The van der Waals surface area contributed by atoms with E-state index in [1.807, 2.05) is 0 Å². The van der Waals surface area contributed by atoms with Gasteiger partial charge in [0, 0.05) is 10.2 Å². The summed E-state index contributed by atoms with van der Waals surface area (Å²) in [5, 5.41) is 0.760. The number of hydrogen-bond donors (Lipinski definition) is 0. The van der Waals surface area contributed by atoms with Crippen molar-refractivity contribution in [3.63, 3.8) is 0 Å². The summed E-state index contributed by atoms with van der Waals surface area (Å²) in [7, 11) is 1.39. The fourth-order valence-electron chi connectivity index (χ4n) is 2.00. The van der Waals surface area contributed by atoms with Gasteiger partial charge in [0.25, 0.3) is 0 Å². The van der Waals surface area contributed by atoms with E-state index in [0.717, 1.165) is 11.0 Å². The second-order valence-electron chi connectivity index (χ2n) is 4.32. The first kappa shape index (κ1) is 8.31. The summed E-state index contributed by atoms with van der Waals surface area (Å²) in [4.78, 5) is 0. The molecule has 0 aromatic carbocycles. The van der Waals surface area contributed by atoms with Crippen molar-refractivity contribution >= 4 is 10.2 Å². The maximum absolute atomic E-state index is 2.48. The largest absolute Gasteiger partial charge is 0.0652 e. The minimum absolute atomic E-state index is 0.760. The summed E-state index contributed by atoms with van der Waals surface area (Å²) in [5.74, 6) is 1.09. The molecule has 0 saturated heterocycles. The van der Waals surface area contributed by atoms with Gasteiger partial charge >= 0.3 is 0 Å². The molecule has 1 unspecified atom stereocenters. The fraction of sp³-hybridized carbons (Fsp3) is 1.00. The molecule has 1 atom stereocenters. The molecule has 0 bridgehead atoms. The smallest absolute Gasteiger partial charge is 0.0106 e. The second-order valence-corrected chi connectivity index (χ2v) is 6.61. The van der Waals surface area contributed by atoms with Gasteiger partial charge in [0.15, 0.2) is 0 Å². The monoisotopic (exact) mass is 156 g/mol. The molecule has 1 aliphatic rings. The lowest BCUT2D eigenvalue weighted by Crippen LogP contribution is -2.16. The highest BCUT2D eigenvalue weighted by Crippen LogP contribution is 2.44. The number of hydrogen-bond acceptors (Lipinski definition) is 0. The molecule has 1 fully saturated rings. The van der Waals surface area contributed by atoms with E-state index in [9.17, 15) is 0 Å². The van der Waals surface area contributed by atoms with E-state index in [-0.39, 0.29) is 0 Å². The lowest BCUT2D eigenvalue weighted by atomic mass is 9.89. The van der Waals surface area contributed by atoms with E-state index in [0.29, 0.717) is 0 Å². The first-order chi connectivity index (χ1) is 4.67. The van der Waals surface area contributed by atoms with Gasteiger partial charge < -0.3 is 0 Å². The molecule has 0 heterocycles. The van der Waals surface area contributed by atoms with E-state index >= 15 is 0 Å². The summed E-state index contributed by atoms with van der Waals surface area (Å²) in [5.41, 5.74) is 0. The number of rotatable bonds is 2. The van der Waals surface area contributed by atoms with Crippen LogP contribution in [0.1, 0.15) is 46.0 Å². The molecule has 60 valence electrons. The molecule has 0 aliphatic heterocycles. The van der Waals surface area contributed by atoms with Crippen LogP contribution in [0.4, 0.5) is 0 Å². The Bertz CT molecular complexity index is 101. The van der Waals surface area contributed by atoms with E-state index < -0.39 is 0 Å². The Morgan fingerprint density at radius 2 is 1.90 bits per heavy atom. The lowest BCUT2D eigenvalue weighted by molar-refractivity contribution is 0.379. The first-order valence-corrected chi connectivity index (χ1v) is 5.67. The summed E-state index contributed by atoms with van der Waals surface area (Å²) in [6.45, 7) is 4.83. The minimum atomic E-state index is 0.760. The molecular weight excluding hydrogens is 136 g/mol. The fourth-order valence-corrected chi connectivity index (χ4v) is 2.57. The Labute approximate surface area is 67.8 Å². The lowest BCUT2D eigenvalue weighted by Gasteiger charge is -2.30. The van der Waals surface area contributed by atoms with Gasteiger partial charge in [-0.3, -0.25) is 0 Å². The molecule has 0 N–H and O–H groups in total. The molecule has 0 amide bonds. The third-order valence-corrected chi connectivity index (χ3v) is 4.90. The van der Waals surface area contributed by atoms with Crippen LogP contribution in [0.2, 0.25) is 5.04 Å². The van der Waals surface area contributed by atoms with Crippen LogP contribution in [0, 0.1) is 5.92 Å². The van der Waals surface area contributed by atoms with E-state index in [1.165, 1.54) is 42.3 Å². The molecule has 1 aliphatic carbocycles. The Hall–Kier alpha value is 0.217. The summed E-state index contributed by atoms with van der Waals surface area (Å²) in [6, 6.07) is 0. The highest BCUT2D eigenvalue weighted by atomic mass is 28.1. The van der Waals surface area contributed by atoms with Gasteiger partial charge in [0.1, 0.15) is 0 Å². The van der Waals surface area contributed by atoms with Crippen molar-refractivity contribution < 1.29 is 0 Å². The minimum Gasteiger partial charge on any atom is -0.0652 e. The van der Waals surface area contributed by atoms with Gasteiger partial charge in [-0.2, -0.15) is 0 Å². The van der Waals surface area contributed by atoms with Crippen LogP contribution in [0.25, 0.3) is 0 Å². The van der Waals surface area contributed by atoms with Gasteiger partial charge in [-0.1, -0.05) is 46.0 Å². The van der Waals surface area contributed by atoms with Crippen molar-refractivity contribution in [1.29, 1.82) is 0 Å². The highest BCUT2D eigenvalue weighted by molar-refractivity contribution is 6.15. The zero-order chi connectivity index (χ0) is 7.61. The van der Waals surface area contributed by atoms with Crippen molar-refractivity contribution in [3.05, 3.63) is 0 Å². The topological polar surface area (TPSA) is 0 Å². The van der Waals surface area contributed by atoms with Crippen LogP contribution in [0.3, 0.4) is 0 Å². The molecule has 0 radical (unpaired) electrons. The SMILES string of the molecule is CCC(C)([SiH3])C1CCCC1. The van der Waals surface area contributed by atoms with E-state index in [2.05, 4.69) is 13.8 Å². The summed E-state index contributed by atoms with van der Waals surface area (Å²) in [6.07, 6.45) is 7.45. The van der Waals surface area contributed by atoms with Crippen molar-refractivity contribution in [1.82, 2.24) is 0 Å². The van der Waals surface area contributed by atoms with Gasteiger partial charge in [-0.25, -0.2) is 0 Å². The highest BCUT2D eigenvalue weighted by Gasteiger charge is 2.29. The summed E-state index contributed by atoms with van der Waals surface area (Å²) < 4.78 is 0. The van der Waals surface area contributed by atoms with Crippen molar-refractivity contribution in [2.45, 2.75) is 51.0 Å². The van der Waals surface area contributed by atoms with Gasteiger partial charge in [-0.15, -0.1) is 0 Å². The first-order valence-electron chi connectivity index (χ1n) is 4.67. The molecule has 10 heavy (non-hydrogen) atoms. The van der Waals surface area contributed by atoms with Crippen LogP contribution < -0.4 is 0 Å². The van der Waals surface area contributed by atoms with E-state index in [4.69, 9.17) is 0 Å². The Kier molecular flexibility index (Phi) is 2.56. The second kappa shape index (κ2) is 3.08. The molecule has 1 heteroatoms. The third kappa shape index (κ3) is 1.63. The van der Waals surface area contributed by atoms with Crippen molar-refractivity contribution in [2.24, 2.45) is 5.92 Å². The predicted octanol–water partition coefficient (Wildman–Crippen LogP) is 2.13. The normalized spacial score (nSPS) is 27.0. The Morgan fingerprint density at radius 1 is 1.40 bits per heavy atom. The quantitative estimate of drug-likeness (QED) is 0.537. The zero-order valence-corrected chi connectivity index (χ0v) is 9.61. The third-order valence-electron chi connectivity index (χ3n) is 3.37. The van der Waals surface area contributed by atoms with Gasteiger partial charge in [0.2, 0.25) is 0 Å². The predicted molar refractivity (Wildman–Crippen MR) is 50.6 cm³/mol.